The lowest BCUT2D eigenvalue weighted by molar-refractivity contribution is -0.127. The molecule has 10 nitrogen and oxygen atoms in total. The van der Waals surface area contributed by atoms with Gasteiger partial charge in [-0.1, -0.05) is 50.2 Å². The molecule has 188 valence electrons. The van der Waals surface area contributed by atoms with E-state index in [1.54, 1.807) is 12.4 Å². The molecule has 0 radical (unpaired) electrons. The first-order valence-electron chi connectivity index (χ1n) is 12.0. The molecule has 2 aliphatic rings. The summed E-state index contributed by atoms with van der Waals surface area (Å²) in [6.07, 6.45) is 3.30. The molecule has 1 aromatic carbocycles. The Morgan fingerprint density at radius 2 is 1.89 bits per heavy atom. The minimum Gasteiger partial charge on any atom is -0.380 e. The average Bonchev–Trinajstić information content (AvgIpc) is 3.43. The first-order valence-corrected chi connectivity index (χ1v) is 12.0. The summed E-state index contributed by atoms with van der Waals surface area (Å²) in [4.78, 5) is 35.5. The fourth-order valence-electron chi connectivity index (χ4n) is 5.32. The van der Waals surface area contributed by atoms with Crippen LogP contribution < -0.4 is 5.32 Å². The number of amides is 3. The van der Waals surface area contributed by atoms with E-state index < -0.39 is 17.0 Å². The topological polar surface area (TPSA) is 125 Å². The molecule has 2 aromatic heterocycles. The van der Waals surface area contributed by atoms with E-state index in [1.165, 1.54) is 10.5 Å². The van der Waals surface area contributed by atoms with Gasteiger partial charge in [-0.25, -0.2) is 4.79 Å². The molecule has 3 aromatic rings. The van der Waals surface area contributed by atoms with Gasteiger partial charge < -0.3 is 19.4 Å². The number of carbonyl (C=O) groups excluding carboxylic acids is 2. The summed E-state index contributed by atoms with van der Waals surface area (Å²) < 4.78 is 5.33. The van der Waals surface area contributed by atoms with Crippen LogP contribution >= 0.6 is 0 Å². The van der Waals surface area contributed by atoms with E-state index in [0.717, 1.165) is 18.7 Å². The van der Waals surface area contributed by atoms with Crippen LogP contribution in [-0.2, 0) is 16.9 Å². The van der Waals surface area contributed by atoms with Crippen LogP contribution in [0.1, 0.15) is 49.3 Å². The average molecular weight is 491 g/mol. The highest BCUT2D eigenvalue weighted by Gasteiger charge is 2.55. The molecule has 5 rings (SSSR count). The Labute approximate surface area is 209 Å². The predicted molar refractivity (Wildman–Crippen MR) is 131 cm³/mol. The number of benzene rings is 1. The third kappa shape index (κ3) is 4.06. The molecule has 2 fully saturated rings. The van der Waals surface area contributed by atoms with Crippen molar-refractivity contribution in [2.45, 2.75) is 38.8 Å². The lowest BCUT2D eigenvalue weighted by Crippen LogP contribution is -2.63. The zero-order chi connectivity index (χ0) is 25.7. The number of imide groups is 1. The minimum absolute atomic E-state index is 0.0221. The lowest BCUT2D eigenvalue weighted by Gasteiger charge is -2.55. The van der Waals surface area contributed by atoms with Crippen molar-refractivity contribution < 1.29 is 19.2 Å². The van der Waals surface area contributed by atoms with Crippen molar-refractivity contribution in [3.63, 3.8) is 0 Å². The quantitative estimate of drug-likeness (QED) is 0.484. The molecule has 2 N–H and O–H groups in total. The molecule has 3 amide bonds. The standard InChI is InChI=1S/C26H30N6O4/c1-16(2)17-5-7-19(8-6-17)26(35,25(3)14-31(4)15-25)20-9-18(10-27-11-20)23-29-22(36-30-23)13-32-12-21(33)28-24(32)34/h5-11,16,35H,12-15H2,1-4H3,(H,28,33,34)/t26-/m0/s1. The number of nitrogens with one attached hydrogen (secondary N) is 1. The fourth-order valence-corrected chi connectivity index (χ4v) is 5.32. The highest BCUT2D eigenvalue weighted by molar-refractivity contribution is 6.01. The number of urea groups is 1. The van der Waals surface area contributed by atoms with Crippen molar-refractivity contribution in [3.05, 3.63) is 65.3 Å². The predicted octanol–water partition coefficient (Wildman–Crippen LogP) is 2.49. The monoisotopic (exact) mass is 490 g/mol. The second-order valence-corrected chi connectivity index (χ2v) is 10.4. The zero-order valence-corrected chi connectivity index (χ0v) is 20.9. The maximum absolute atomic E-state index is 12.4. The van der Waals surface area contributed by atoms with Gasteiger partial charge in [0.15, 0.2) is 0 Å². The Morgan fingerprint density at radius 3 is 2.50 bits per heavy atom. The molecular weight excluding hydrogens is 460 g/mol. The Hall–Kier alpha value is -3.63. The number of pyridine rings is 1. The summed E-state index contributed by atoms with van der Waals surface area (Å²) in [5.74, 6) is 0.512. The van der Waals surface area contributed by atoms with E-state index in [4.69, 9.17) is 4.52 Å². The minimum atomic E-state index is -1.29. The van der Waals surface area contributed by atoms with Crippen LogP contribution in [0.5, 0.6) is 0 Å². The van der Waals surface area contributed by atoms with Crippen molar-refractivity contribution in [3.8, 4) is 11.4 Å². The number of likely N-dealkylation sites (tertiary alicyclic amines) is 1. The largest absolute Gasteiger partial charge is 0.380 e. The third-order valence-corrected chi connectivity index (χ3v) is 7.18. The van der Waals surface area contributed by atoms with Gasteiger partial charge in [-0.3, -0.25) is 15.1 Å². The van der Waals surface area contributed by atoms with E-state index >= 15 is 0 Å². The number of rotatable bonds is 7. The summed E-state index contributed by atoms with van der Waals surface area (Å²) in [5, 5.41) is 18.7. The molecule has 2 aliphatic heterocycles. The smallest absolute Gasteiger partial charge is 0.325 e. The van der Waals surface area contributed by atoms with Crippen LogP contribution in [0.25, 0.3) is 11.4 Å². The zero-order valence-electron chi connectivity index (χ0n) is 20.9. The Morgan fingerprint density at radius 1 is 1.17 bits per heavy atom. The summed E-state index contributed by atoms with van der Waals surface area (Å²) in [7, 11) is 2.04. The number of hydrogen-bond acceptors (Lipinski definition) is 8. The van der Waals surface area contributed by atoms with Crippen LogP contribution in [0, 0.1) is 5.41 Å². The van der Waals surface area contributed by atoms with Crippen molar-refractivity contribution in [2.24, 2.45) is 5.41 Å². The molecular formula is C26H30N6O4. The number of carbonyl (C=O) groups is 2. The van der Waals surface area contributed by atoms with Crippen molar-refractivity contribution in [1.82, 2.24) is 30.2 Å². The number of hydrogen-bond donors (Lipinski definition) is 2. The lowest BCUT2D eigenvalue weighted by atomic mass is 9.62. The van der Waals surface area contributed by atoms with Gasteiger partial charge in [0.1, 0.15) is 18.7 Å². The highest BCUT2D eigenvalue weighted by Crippen LogP contribution is 2.50. The first-order chi connectivity index (χ1) is 17.1. The van der Waals surface area contributed by atoms with Crippen LogP contribution in [0.15, 0.2) is 47.2 Å². The van der Waals surface area contributed by atoms with Crippen molar-refractivity contribution in [1.29, 1.82) is 0 Å². The van der Waals surface area contributed by atoms with E-state index in [2.05, 4.69) is 58.2 Å². The fraction of sp³-hybridized carbons (Fsp3) is 0.423. The summed E-state index contributed by atoms with van der Waals surface area (Å²) in [6.45, 7) is 7.79. The summed E-state index contributed by atoms with van der Waals surface area (Å²) >= 11 is 0. The third-order valence-electron chi connectivity index (χ3n) is 7.18. The molecule has 2 saturated heterocycles. The SMILES string of the molecule is CC(C)c1ccc([C@](O)(c2cncc(-c3noc(CN4CC(=O)NC4=O)n3)c2)C2(C)CN(C)C2)cc1. The van der Waals surface area contributed by atoms with Crippen LogP contribution in [0.4, 0.5) is 4.79 Å². The molecule has 10 heteroatoms. The van der Waals surface area contributed by atoms with Crippen molar-refractivity contribution in [2.75, 3.05) is 26.7 Å². The number of nitrogens with zero attached hydrogens (tertiary/aromatic N) is 5. The molecule has 1 atom stereocenters. The Kier molecular flexibility index (Phi) is 5.88. The van der Waals surface area contributed by atoms with Gasteiger partial charge in [0.05, 0.1) is 0 Å². The molecule has 0 spiro atoms. The first kappa shape index (κ1) is 24.1. The van der Waals surface area contributed by atoms with Gasteiger partial charge >= 0.3 is 6.03 Å². The number of aromatic nitrogens is 3. The maximum Gasteiger partial charge on any atom is 0.325 e. The van der Waals surface area contributed by atoms with Gasteiger partial charge in [-0.15, -0.1) is 0 Å². The maximum atomic E-state index is 12.4. The second kappa shape index (κ2) is 8.79. The normalized spacial score (nSPS) is 19.3. The molecule has 36 heavy (non-hydrogen) atoms. The molecule has 4 heterocycles. The molecule has 0 aliphatic carbocycles. The van der Waals surface area contributed by atoms with E-state index in [1.807, 2.05) is 25.2 Å². The number of aliphatic hydroxyl groups is 1. The molecule has 0 unspecified atom stereocenters. The van der Waals surface area contributed by atoms with Gasteiger partial charge in [-0.05, 0) is 30.2 Å². The van der Waals surface area contributed by atoms with Gasteiger partial charge in [0.2, 0.25) is 17.6 Å². The van der Waals surface area contributed by atoms with E-state index in [9.17, 15) is 14.7 Å². The van der Waals surface area contributed by atoms with Gasteiger partial charge in [-0.2, -0.15) is 4.98 Å². The van der Waals surface area contributed by atoms with Crippen LogP contribution in [0.2, 0.25) is 0 Å². The van der Waals surface area contributed by atoms with Crippen LogP contribution in [-0.4, -0.2) is 68.7 Å². The second-order valence-electron chi connectivity index (χ2n) is 10.4. The molecule has 0 bridgehead atoms. The van der Waals surface area contributed by atoms with Crippen molar-refractivity contribution >= 4 is 11.9 Å². The van der Waals surface area contributed by atoms with Gasteiger partial charge in [0, 0.05) is 42.0 Å². The summed E-state index contributed by atoms with van der Waals surface area (Å²) in [6, 6.07) is 9.49. The highest BCUT2D eigenvalue weighted by atomic mass is 16.5. The van der Waals surface area contributed by atoms with Crippen LogP contribution in [0.3, 0.4) is 0 Å². The molecule has 0 saturated carbocycles. The summed E-state index contributed by atoms with van der Waals surface area (Å²) in [5.41, 5.74) is 1.51. The Bertz CT molecular complexity index is 1300. The van der Waals surface area contributed by atoms with E-state index in [-0.39, 0.29) is 24.9 Å². The van der Waals surface area contributed by atoms with E-state index in [0.29, 0.717) is 22.9 Å². The van der Waals surface area contributed by atoms with Gasteiger partial charge in [0.25, 0.3) is 0 Å². The Balaban J connectivity index is 1.49.